The number of hydrogen-bond acceptors (Lipinski definition) is 1. The van der Waals surface area contributed by atoms with Gasteiger partial charge in [0.1, 0.15) is 5.82 Å². The van der Waals surface area contributed by atoms with E-state index < -0.39 is 23.3 Å². The Kier molecular flexibility index (Phi) is 2.83. The second-order valence-electron chi connectivity index (χ2n) is 3.15. The maximum atomic E-state index is 13.2. The Balaban J connectivity index is 3.41. The van der Waals surface area contributed by atoms with Crippen molar-refractivity contribution in [2.45, 2.75) is 20.0 Å². The van der Waals surface area contributed by atoms with Gasteiger partial charge in [-0.3, -0.25) is 4.79 Å². The number of carbonyl (C=O) groups excluding carboxylic acids is 1. The number of carbonyl (C=O) groups is 1. The Hall–Kier alpha value is -1.39. The van der Waals surface area contributed by atoms with E-state index in [0.717, 1.165) is 13.0 Å². The lowest BCUT2D eigenvalue weighted by Crippen LogP contribution is -2.11. The van der Waals surface area contributed by atoms with Gasteiger partial charge in [-0.05, 0) is 25.5 Å². The van der Waals surface area contributed by atoms with Gasteiger partial charge >= 0.3 is 6.18 Å². The molecule has 0 atom stereocenters. The van der Waals surface area contributed by atoms with Crippen LogP contribution in [0.15, 0.2) is 12.1 Å². The van der Waals surface area contributed by atoms with Gasteiger partial charge in [0.05, 0.1) is 5.56 Å². The summed E-state index contributed by atoms with van der Waals surface area (Å²) in [5, 5.41) is 0. The van der Waals surface area contributed by atoms with Crippen molar-refractivity contribution in [3.8, 4) is 0 Å². The number of rotatable bonds is 1. The molecule has 0 radical (unpaired) electrons. The fourth-order valence-electron chi connectivity index (χ4n) is 1.29. The first-order valence-electron chi connectivity index (χ1n) is 4.12. The van der Waals surface area contributed by atoms with Crippen LogP contribution in [0.3, 0.4) is 0 Å². The lowest BCUT2D eigenvalue weighted by Gasteiger charge is -2.11. The summed E-state index contributed by atoms with van der Waals surface area (Å²) >= 11 is 0. The molecule has 0 spiro atoms. The summed E-state index contributed by atoms with van der Waals surface area (Å²) < 4.78 is 50.0. The van der Waals surface area contributed by atoms with E-state index >= 15 is 0 Å². The van der Waals surface area contributed by atoms with Gasteiger partial charge in [0.25, 0.3) is 0 Å². The minimum atomic E-state index is -4.73. The highest BCUT2D eigenvalue weighted by Crippen LogP contribution is 2.33. The average Bonchev–Trinajstić information content (AvgIpc) is 2.06. The van der Waals surface area contributed by atoms with E-state index in [1.807, 2.05) is 0 Å². The van der Waals surface area contributed by atoms with Crippen LogP contribution < -0.4 is 0 Å². The van der Waals surface area contributed by atoms with Crippen LogP contribution in [0, 0.1) is 12.7 Å². The molecule has 5 heteroatoms. The predicted octanol–water partition coefficient (Wildman–Crippen LogP) is 3.36. The predicted molar refractivity (Wildman–Crippen MR) is 46.1 cm³/mol. The Morgan fingerprint density at radius 3 is 2.20 bits per heavy atom. The smallest absolute Gasteiger partial charge is 0.294 e. The third-order valence-electron chi connectivity index (χ3n) is 2.07. The molecule has 0 saturated carbocycles. The van der Waals surface area contributed by atoms with Crippen molar-refractivity contribution in [3.05, 3.63) is 34.6 Å². The highest BCUT2D eigenvalue weighted by Gasteiger charge is 2.35. The molecule has 0 bridgehead atoms. The summed E-state index contributed by atoms with van der Waals surface area (Å²) in [5.41, 5.74) is -1.64. The van der Waals surface area contributed by atoms with E-state index in [9.17, 15) is 22.4 Å². The highest BCUT2D eigenvalue weighted by atomic mass is 19.4. The molecular weight excluding hydrogens is 212 g/mol. The van der Waals surface area contributed by atoms with Crippen molar-refractivity contribution in [2.24, 2.45) is 0 Å². The van der Waals surface area contributed by atoms with Crippen molar-refractivity contribution in [1.82, 2.24) is 0 Å². The van der Waals surface area contributed by atoms with E-state index in [4.69, 9.17) is 0 Å². The third-order valence-corrected chi connectivity index (χ3v) is 2.07. The summed E-state index contributed by atoms with van der Waals surface area (Å²) in [6, 6.07) is 1.57. The van der Waals surface area contributed by atoms with E-state index in [1.54, 1.807) is 0 Å². The summed E-state index contributed by atoms with van der Waals surface area (Å²) in [6.07, 6.45) is -4.73. The van der Waals surface area contributed by atoms with Crippen LogP contribution in [0.5, 0.6) is 0 Å². The molecule has 0 aliphatic rings. The van der Waals surface area contributed by atoms with Crippen LogP contribution >= 0.6 is 0 Å². The molecule has 15 heavy (non-hydrogen) atoms. The van der Waals surface area contributed by atoms with Gasteiger partial charge < -0.3 is 0 Å². The van der Waals surface area contributed by atoms with Gasteiger partial charge in [-0.15, -0.1) is 0 Å². The Morgan fingerprint density at radius 2 is 1.80 bits per heavy atom. The molecule has 1 aromatic rings. The van der Waals surface area contributed by atoms with Gasteiger partial charge in [-0.25, -0.2) is 4.39 Å². The number of benzene rings is 1. The van der Waals surface area contributed by atoms with Gasteiger partial charge in [0, 0.05) is 5.56 Å². The summed E-state index contributed by atoms with van der Waals surface area (Å²) in [7, 11) is 0. The molecule has 0 aliphatic carbocycles. The van der Waals surface area contributed by atoms with Crippen LogP contribution in [-0.4, -0.2) is 5.78 Å². The molecule has 0 fully saturated rings. The second kappa shape index (κ2) is 3.64. The number of alkyl halides is 3. The fraction of sp³-hybridized carbons (Fsp3) is 0.300. The van der Waals surface area contributed by atoms with Crippen LogP contribution in [0.25, 0.3) is 0 Å². The Morgan fingerprint density at radius 1 is 1.27 bits per heavy atom. The third kappa shape index (κ3) is 2.16. The molecule has 0 heterocycles. The molecule has 0 saturated heterocycles. The van der Waals surface area contributed by atoms with Crippen LogP contribution in [0.2, 0.25) is 0 Å². The zero-order valence-electron chi connectivity index (χ0n) is 8.07. The molecule has 1 rings (SSSR count). The molecule has 1 aromatic carbocycles. The zero-order chi connectivity index (χ0) is 11.8. The SMILES string of the molecule is CC(=O)c1ccc(C(F)(F)F)c(F)c1C. The average molecular weight is 220 g/mol. The van der Waals surface area contributed by atoms with Crippen LogP contribution in [0.4, 0.5) is 17.6 Å². The first-order chi connectivity index (χ1) is 6.75. The first kappa shape index (κ1) is 11.7. The topological polar surface area (TPSA) is 17.1 Å². The summed E-state index contributed by atoms with van der Waals surface area (Å²) in [4.78, 5) is 10.9. The molecule has 0 N–H and O–H groups in total. The summed E-state index contributed by atoms with van der Waals surface area (Å²) in [6.45, 7) is 2.33. The normalized spacial score (nSPS) is 11.6. The van der Waals surface area contributed by atoms with Gasteiger partial charge in [0.15, 0.2) is 5.78 Å². The van der Waals surface area contributed by atoms with Gasteiger partial charge in [-0.2, -0.15) is 13.2 Å². The highest BCUT2D eigenvalue weighted by molar-refractivity contribution is 5.95. The lowest BCUT2D eigenvalue weighted by atomic mass is 10.0. The number of halogens is 4. The molecule has 1 nitrogen and oxygen atoms in total. The van der Waals surface area contributed by atoms with Crippen LogP contribution in [-0.2, 0) is 6.18 Å². The Labute approximate surface area is 83.7 Å². The number of hydrogen-bond donors (Lipinski definition) is 0. The lowest BCUT2D eigenvalue weighted by molar-refractivity contribution is -0.140. The van der Waals surface area contributed by atoms with E-state index in [1.165, 1.54) is 6.92 Å². The molecule has 82 valence electrons. The maximum Gasteiger partial charge on any atom is 0.419 e. The summed E-state index contributed by atoms with van der Waals surface area (Å²) in [5.74, 6) is -1.84. The standard InChI is InChI=1S/C10H8F4O/c1-5-7(6(2)15)3-4-8(9(5)11)10(12,13)14/h3-4H,1-2H3. The van der Waals surface area contributed by atoms with Crippen LogP contribution in [0.1, 0.15) is 28.4 Å². The maximum absolute atomic E-state index is 13.2. The van der Waals surface area contributed by atoms with E-state index in [-0.39, 0.29) is 11.1 Å². The van der Waals surface area contributed by atoms with Crippen molar-refractivity contribution < 1.29 is 22.4 Å². The molecule has 0 unspecified atom stereocenters. The second-order valence-corrected chi connectivity index (χ2v) is 3.15. The van der Waals surface area contributed by atoms with E-state index in [2.05, 4.69) is 0 Å². The van der Waals surface area contributed by atoms with Crippen molar-refractivity contribution in [1.29, 1.82) is 0 Å². The molecular formula is C10H8F4O. The quantitative estimate of drug-likeness (QED) is 0.524. The first-order valence-corrected chi connectivity index (χ1v) is 4.12. The minimum absolute atomic E-state index is 0.0273. The van der Waals surface area contributed by atoms with Gasteiger partial charge in [-0.1, -0.05) is 6.07 Å². The van der Waals surface area contributed by atoms with Gasteiger partial charge in [0.2, 0.25) is 0 Å². The fourth-order valence-corrected chi connectivity index (χ4v) is 1.29. The van der Waals surface area contributed by atoms with E-state index in [0.29, 0.717) is 6.07 Å². The zero-order valence-corrected chi connectivity index (χ0v) is 8.07. The monoisotopic (exact) mass is 220 g/mol. The minimum Gasteiger partial charge on any atom is -0.294 e. The number of Topliss-reactive ketones (excluding diaryl/α,β-unsaturated/α-hetero) is 1. The van der Waals surface area contributed by atoms with Crippen molar-refractivity contribution in [3.63, 3.8) is 0 Å². The van der Waals surface area contributed by atoms with Crippen molar-refractivity contribution in [2.75, 3.05) is 0 Å². The molecule has 0 aromatic heterocycles. The molecule has 0 amide bonds. The van der Waals surface area contributed by atoms with Crippen molar-refractivity contribution >= 4 is 5.78 Å². The Bertz CT molecular complexity index is 407. The largest absolute Gasteiger partial charge is 0.419 e. The molecule has 0 aliphatic heterocycles. The number of ketones is 1.